The Labute approximate surface area is 170 Å². The highest BCUT2D eigenvalue weighted by Crippen LogP contribution is 2.21. The maximum absolute atomic E-state index is 12.9. The monoisotopic (exact) mass is 419 g/mol. The summed E-state index contributed by atoms with van der Waals surface area (Å²) in [7, 11) is 0. The number of hydrogen-bond donors (Lipinski definition) is 1. The van der Waals surface area contributed by atoms with Crippen molar-refractivity contribution in [3.63, 3.8) is 0 Å². The second-order valence-corrected chi connectivity index (χ2v) is 7.16. The Morgan fingerprint density at radius 2 is 1.73 bits per heavy atom. The molecule has 1 heterocycles. The quantitative estimate of drug-likeness (QED) is 0.649. The molecule has 0 aliphatic heterocycles. The number of ether oxygens (including phenoxy) is 1. The number of carbonyl (C=O) groups is 1. The van der Waals surface area contributed by atoms with E-state index in [0.29, 0.717) is 23.0 Å². The molecule has 30 heavy (non-hydrogen) atoms. The fourth-order valence-electron chi connectivity index (χ4n) is 2.86. The van der Waals surface area contributed by atoms with Crippen LogP contribution in [0.25, 0.3) is 10.8 Å². The zero-order valence-corrected chi connectivity index (χ0v) is 16.4. The van der Waals surface area contributed by atoms with Gasteiger partial charge >= 0.3 is 6.18 Å². The van der Waals surface area contributed by atoms with Gasteiger partial charge in [0.25, 0.3) is 11.5 Å². The second kappa shape index (κ2) is 8.56. The third kappa shape index (κ3) is 5.16. The van der Waals surface area contributed by atoms with Gasteiger partial charge in [0.15, 0.2) is 12.3 Å². The van der Waals surface area contributed by atoms with Gasteiger partial charge in [0.1, 0.15) is 5.75 Å². The fourth-order valence-corrected chi connectivity index (χ4v) is 2.86. The number of anilines is 1. The molecule has 1 N–H and O–H groups in total. The lowest BCUT2D eigenvalue weighted by Gasteiger charge is -2.13. The lowest BCUT2D eigenvalue weighted by Crippen LogP contribution is -2.29. The van der Waals surface area contributed by atoms with Crippen molar-refractivity contribution in [1.29, 1.82) is 0 Å². The van der Waals surface area contributed by atoms with E-state index < -0.39 is 18.7 Å². The summed E-state index contributed by atoms with van der Waals surface area (Å²) in [5.41, 5.74) is 0.164. The van der Waals surface area contributed by atoms with Gasteiger partial charge in [0, 0.05) is 17.6 Å². The summed E-state index contributed by atoms with van der Waals surface area (Å²) < 4.78 is 42.6. The standard InChI is InChI=1S/C21H20F3N3O3/c1-13(2)11-27-20(29)17-6-4-3-5-16(17)18(26-27)19(28)25-14-7-9-15(10-8-14)30-12-21(22,23)24/h3-10,13H,11-12H2,1-2H3,(H,25,28). The first-order valence-electron chi connectivity index (χ1n) is 9.25. The Balaban J connectivity index is 1.86. The minimum atomic E-state index is -4.43. The Hall–Kier alpha value is -3.36. The van der Waals surface area contributed by atoms with Crippen LogP contribution in [0.3, 0.4) is 0 Å². The Kier molecular flexibility index (Phi) is 6.09. The number of aromatic nitrogens is 2. The number of nitrogens with zero attached hydrogens (tertiary/aromatic N) is 2. The number of carbonyl (C=O) groups excluding carboxylic acids is 1. The van der Waals surface area contributed by atoms with E-state index in [9.17, 15) is 22.8 Å². The smallest absolute Gasteiger partial charge is 0.422 e. The summed E-state index contributed by atoms with van der Waals surface area (Å²) >= 11 is 0. The van der Waals surface area contributed by atoms with Crippen molar-refractivity contribution in [1.82, 2.24) is 9.78 Å². The van der Waals surface area contributed by atoms with Crippen molar-refractivity contribution in [3.8, 4) is 5.75 Å². The zero-order chi connectivity index (χ0) is 21.9. The molecule has 0 bridgehead atoms. The van der Waals surface area contributed by atoms with Crippen LogP contribution in [0, 0.1) is 5.92 Å². The number of benzene rings is 2. The van der Waals surface area contributed by atoms with Crippen molar-refractivity contribution >= 4 is 22.4 Å². The number of hydrogen-bond acceptors (Lipinski definition) is 4. The minimum absolute atomic E-state index is 0.0272. The van der Waals surface area contributed by atoms with Crippen LogP contribution in [0.4, 0.5) is 18.9 Å². The van der Waals surface area contributed by atoms with E-state index in [0.717, 1.165) is 0 Å². The third-order valence-electron chi connectivity index (χ3n) is 4.14. The largest absolute Gasteiger partial charge is 0.484 e. The Morgan fingerprint density at radius 3 is 2.33 bits per heavy atom. The molecule has 1 aromatic heterocycles. The molecule has 0 atom stereocenters. The van der Waals surface area contributed by atoms with E-state index in [1.54, 1.807) is 24.3 Å². The molecule has 2 aromatic carbocycles. The second-order valence-electron chi connectivity index (χ2n) is 7.16. The van der Waals surface area contributed by atoms with Gasteiger partial charge in [0.2, 0.25) is 0 Å². The van der Waals surface area contributed by atoms with E-state index in [2.05, 4.69) is 15.2 Å². The van der Waals surface area contributed by atoms with Crippen LogP contribution >= 0.6 is 0 Å². The van der Waals surface area contributed by atoms with E-state index in [1.807, 2.05) is 13.8 Å². The molecule has 0 aliphatic rings. The first kappa shape index (κ1) is 21.4. The highest BCUT2D eigenvalue weighted by molar-refractivity contribution is 6.11. The van der Waals surface area contributed by atoms with Crippen LogP contribution in [-0.2, 0) is 6.54 Å². The highest BCUT2D eigenvalue weighted by Gasteiger charge is 2.28. The van der Waals surface area contributed by atoms with Crippen molar-refractivity contribution < 1.29 is 22.7 Å². The lowest BCUT2D eigenvalue weighted by molar-refractivity contribution is -0.153. The SMILES string of the molecule is CC(C)Cn1nc(C(=O)Nc2ccc(OCC(F)(F)F)cc2)c2ccccc2c1=O. The molecule has 0 saturated carbocycles. The van der Waals surface area contributed by atoms with Gasteiger partial charge in [-0.3, -0.25) is 9.59 Å². The number of amides is 1. The molecule has 3 aromatic rings. The van der Waals surface area contributed by atoms with Gasteiger partial charge in [0.05, 0.1) is 5.39 Å². The maximum Gasteiger partial charge on any atom is 0.422 e. The van der Waals surface area contributed by atoms with Crippen molar-refractivity contribution in [2.75, 3.05) is 11.9 Å². The van der Waals surface area contributed by atoms with Gasteiger partial charge in [-0.1, -0.05) is 32.0 Å². The molecule has 0 saturated heterocycles. The van der Waals surface area contributed by atoms with Crippen LogP contribution in [0.1, 0.15) is 24.3 Å². The average Bonchev–Trinajstić information content (AvgIpc) is 2.68. The van der Waals surface area contributed by atoms with Crippen LogP contribution in [0.2, 0.25) is 0 Å². The van der Waals surface area contributed by atoms with Gasteiger partial charge in [-0.2, -0.15) is 18.3 Å². The van der Waals surface area contributed by atoms with Crippen LogP contribution in [-0.4, -0.2) is 28.5 Å². The predicted molar refractivity (Wildman–Crippen MR) is 107 cm³/mol. The zero-order valence-electron chi connectivity index (χ0n) is 16.4. The van der Waals surface area contributed by atoms with Crippen LogP contribution < -0.4 is 15.6 Å². The molecule has 1 amide bonds. The molecule has 0 fully saturated rings. The summed E-state index contributed by atoms with van der Waals surface area (Å²) in [6.45, 7) is 2.83. The summed E-state index contributed by atoms with van der Waals surface area (Å²) in [4.78, 5) is 25.5. The lowest BCUT2D eigenvalue weighted by atomic mass is 10.1. The minimum Gasteiger partial charge on any atom is -0.484 e. The summed E-state index contributed by atoms with van der Waals surface area (Å²) in [5, 5.41) is 7.71. The van der Waals surface area contributed by atoms with Crippen molar-refractivity contribution in [2.45, 2.75) is 26.6 Å². The summed E-state index contributed by atoms with van der Waals surface area (Å²) in [6, 6.07) is 12.2. The first-order chi connectivity index (χ1) is 14.1. The van der Waals surface area contributed by atoms with Gasteiger partial charge in [-0.05, 0) is 36.2 Å². The molecule has 0 spiro atoms. The maximum atomic E-state index is 12.9. The topological polar surface area (TPSA) is 73.2 Å². The summed E-state index contributed by atoms with van der Waals surface area (Å²) in [6.07, 6.45) is -4.43. The fraction of sp³-hybridized carbons (Fsp3) is 0.286. The molecule has 0 unspecified atom stereocenters. The summed E-state index contributed by atoms with van der Waals surface area (Å²) in [5.74, 6) is -0.358. The average molecular weight is 419 g/mol. The molecular formula is C21H20F3N3O3. The normalized spacial score (nSPS) is 11.7. The predicted octanol–water partition coefficient (Wildman–Crippen LogP) is 4.25. The van der Waals surface area contributed by atoms with E-state index in [4.69, 9.17) is 0 Å². The molecule has 3 rings (SSSR count). The molecule has 9 heteroatoms. The first-order valence-corrected chi connectivity index (χ1v) is 9.25. The molecule has 0 aliphatic carbocycles. The molecular weight excluding hydrogens is 399 g/mol. The number of fused-ring (bicyclic) bond motifs is 1. The van der Waals surface area contributed by atoms with Gasteiger partial charge in [-0.15, -0.1) is 0 Å². The van der Waals surface area contributed by atoms with E-state index in [-0.39, 0.29) is 22.9 Å². The Morgan fingerprint density at radius 1 is 1.10 bits per heavy atom. The highest BCUT2D eigenvalue weighted by atomic mass is 19.4. The number of alkyl halides is 3. The van der Waals surface area contributed by atoms with Gasteiger partial charge < -0.3 is 10.1 Å². The van der Waals surface area contributed by atoms with Crippen molar-refractivity contribution in [3.05, 3.63) is 64.6 Å². The van der Waals surface area contributed by atoms with Gasteiger partial charge in [-0.25, -0.2) is 4.68 Å². The third-order valence-corrected chi connectivity index (χ3v) is 4.14. The van der Waals surface area contributed by atoms with Crippen LogP contribution in [0.15, 0.2) is 53.3 Å². The Bertz CT molecular complexity index is 1110. The molecule has 6 nitrogen and oxygen atoms in total. The van der Waals surface area contributed by atoms with E-state index >= 15 is 0 Å². The number of nitrogens with one attached hydrogen (secondary N) is 1. The molecule has 0 radical (unpaired) electrons. The van der Waals surface area contributed by atoms with Crippen LogP contribution in [0.5, 0.6) is 5.75 Å². The number of rotatable bonds is 6. The molecule has 158 valence electrons. The number of halogens is 3. The van der Waals surface area contributed by atoms with E-state index in [1.165, 1.54) is 28.9 Å². The van der Waals surface area contributed by atoms with Crippen molar-refractivity contribution in [2.24, 2.45) is 5.92 Å².